The molecule has 0 saturated heterocycles. The first-order valence-electron chi connectivity index (χ1n) is 4.07. The molecule has 1 rings (SSSR count). The van der Waals surface area contributed by atoms with Crippen molar-refractivity contribution < 1.29 is 0 Å². The fraction of sp³-hybridized carbons (Fsp3) is 0.273. The summed E-state index contributed by atoms with van der Waals surface area (Å²) in [4.78, 5) is 0. The van der Waals surface area contributed by atoms with Gasteiger partial charge in [-0.1, -0.05) is 54.6 Å². The topological polar surface area (TPSA) is 0 Å². The summed E-state index contributed by atoms with van der Waals surface area (Å²) in [5, 5.41) is 0. The maximum atomic E-state index is 3.75. The zero-order chi connectivity index (χ0) is 9.14. The smallest absolute Gasteiger partial charge is 0.0210 e. The minimum absolute atomic E-state index is 0.555. The van der Waals surface area contributed by atoms with Crippen molar-refractivity contribution in [2.75, 3.05) is 0 Å². The van der Waals surface area contributed by atoms with E-state index in [0.717, 1.165) is 0 Å². The normalized spacial score (nSPS) is 10.3. The molecule has 12 heavy (non-hydrogen) atoms. The van der Waals surface area contributed by atoms with Crippen molar-refractivity contribution in [3.63, 3.8) is 0 Å². The third-order valence-corrected chi connectivity index (χ3v) is 2.60. The van der Waals surface area contributed by atoms with Gasteiger partial charge in [0, 0.05) is 4.47 Å². The fourth-order valence-electron chi connectivity index (χ4n) is 1.13. The van der Waals surface area contributed by atoms with Gasteiger partial charge in [0.1, 0.15) is 0 Å². The van der Waals surface area contributed by atoms with Crippen LogP contribution >= 0.6 is 15.9 Å². The SMILES string of the molecule is C=Cc1ccc(Br)c(C(C)C)c1. The predicted octanol–water partition coefficient (Wildman–Crippen LogP) is 4.22. The number of benzene rings is 1. The molecule has 0 aliphatic heterocycles. The predicted molar refractivity (Wildman–Crippen MR) is 58.3 cm³/mol. The second kappa shape index (κ2) is 3.90. The van der Waals surface area contributed by atoms with E-state index in [1.807, 2.05) is 6.08 Å². The van der Waals surface area contributed by atoms with Gasteiger partial charge in [-0.2, -0.15) is 0 Å². The van der Waals surface area contributed by atoms with Crippen LogP contribution in [0.5, 0.6) is 0 Å². The van der Waals surface area contributed by atoms with E-state index in [0.29, 0.717) is 5.92 Å². The van der Waals surface area contributed by atoms with Crippen molar-refractivity contribution in [3.8, 4) is 0 Å². The Morgan fingerprint density at radius 2 is 2.08 bits per heavy atom. The third kappa shape index (κ3) is 1.98. The van der Waals surface area contributed by atoms with Crippen LogP contribution in [0.15, 0.2) is 29.3 Å². The van der Waals surface area contributed by atoms with Gasteiger partial charge in [0.05, 0.1) is 0 Å². The number of halogens is 1. The van der Waals surface area contributed by atoms with E-state index >= 15 is 0 Å². The molecule has 64 valence electrons. The molecule has 0 aliphatic rings. The average molecular weight is 225 g/mol. The molecular formula is C11H13Br. The Bertz CT molecular complexity index is 287. The van der Waals surface area contributed by atoms with Crippen molar-refractivity contribution >= 4 is 22.0 Å². The van der Waals surface area contributed by atoms with E-state index in [9.17, 15) is 0 Å². The quantitative estimate of drug-likeness (QED) is 0.706. The highest BCUT2D eigenvalue weighted by Gasteiger charge is 2.03. The number of rotatable bonds is 2. The summed E-state index contributed by atoms with van der Waals surface area (Å²) in [6.45, 7) is 8.12. The Balaban J connectivity index is 3.16. The molecule has 0 aromatic heterocycles. The summed E-state index contributed by atoms with van der Waals surface area (Å²) >= 11 is 3.53. The average Bonchev–Trinajstić information content (AvgIpc) is 2.05. The first-order chi connectivity index (χ1) is 5.65. The lowest BCUT2D eigenvalue weighted by Gasteiger charge is -2.08. The molecular weight excluding hydrogens is 212 g/mol. The van der Waals surface area contributed by atoms with Crippen LogP contribution in [-0.4, -0.2) is 0 Å². The van der Waals surface area contributed by atoms with E-state index in [2.05, 4.69) is 54.6 Å². The van der Waals surface area contributed by atoms with Crippen LogP contribution < -0.4 is 0 Å². The largest absolute Gasteiger partial charge is 0.0985 e. The van der Waals surface area contributed by atoms with Crippen LogP contribution in [0, 0.1) is 0 Å². The van der Waals surface area contributed by atoms with Crippen LogP contribution in [0.3, 0.4) is 0 Å². The summed E-state index contributed by atoms with van der Waals surface area (Å²) in [5.41, 5.74) is 2.52. The molecule has 0 aliphatic carbocycles. The van der Waals surface area contributed by atoms with Crippen LogP contribution in [0.4, 0.5) is 0 Å². The Kier molecular flexibility index (Phi) is 3.10. The highest BCUT2D eigenvalue weighted by molar-refractivity contribution is 9.10. The summed E-state index contributed by atoms with van der Waals surface area (Å²) in [6, 6.07) is 6.30. The minimum atomic E-state index is 0.555. The molecule has 0 unspecified atom stereocenters. The Morgan fingerprint density at radius 3 is 2.58 bits per heavy atom. The maximum Gasteiger partial charge on any atom is 0.0210 e. The molecule has 0 atom stereocenters. The van der Waals surface area contributed by atoms with Crippen molar-refractivity contribution in [1.82, 2.24) is 0 Å². The standard InChI is InChI=1S/C11H13Br/c1-4-9-5-6-11(12)10(7-9)8(2)3/h4-8H,1H2,2-3H3. The van der Waals surface area contributed by atoms with Gasteiger partial charge >= 0.3 is 0 Å². The van der Waals surface area contributed by atoms with E-state index in [1.54, 1.807) is 0 Å². The van der Waals surface area contributed by atoms with Crippen molar-refractivity contribution in [2.24, 2.45) is 0 Å². The number of hydrogen-bond acceptors (Lipinski definition) is 0. The second-order valence-corrected chi connectivity index (χ2v) is 3.99. The van der Waals surface area contributed by atoms with Gasteiger partial charge in [0.15, 0.2) is 0 Å². The van der Waals surface area contributed by atoms with Gasteiger partial charge in [-0.3, -0.25) is 0 Å². The highest BCUT2D eigenvalue weighted by atomic mass is 79.9. The first kappa shape index (κ1) is 9.53. The lowest BCUT2D eigenvalue weighted by Crippen LogP contribution is -1.89. The van der Waals surface area contributed by atoms with Gasteiger partial charge in [-0.05, 0) is 23.1 Å². The molecule has 0 heterocycles. The molecule has 1 aromatic rings. The van der Waals surface area contributed by atoms with Gasteiger partial charge < -0.3 is 0 Å². The Hall–Kier alpha value is -0.560. The van der Waals surface area contributed by atoms with Crippen molar-refractivity contribution in [1.29, 1.82) is 0 Å². The molecule has 0 saturated carbocycles. The van der Waals surface area contributed by atoms with E-state index in [1.165, 1.54) is 15.6 Å². The van der Waals surface area contributed by atoms with Crippen LogP contribution in [0.2, 0.25) is 0 Å². The zero-order valence-corrected chi connectivity index (χ0v) is 9.06. The molecule has 0 nitrogen and oxygen atoms in total. The first-order valence-corrected chi connectivity index (χ1v) is 4.86. The summed E-state index contributed by atoms with van der Waals surface area (Å²) in [7, 11) is 0. The van der Waals surface area contributed by atoms with Gasteiger partial charge in [-0.25, -0.2) is 0 Å². The molecule has 0 amide bonds. The van der Waals surface area contributed by atoms with E-state index in [-0.39, 0.29) is 0 Å². The van der Waals surface area contributed by atoms with Crippen LogP contribution in [-0.2, 0) is 0 Å². The highest BCUT2D eigenvalue weighted by Crippen LogP contribution is 2.25. The Morgan fingerprint density at radius 1 is 1.42 bits per heavy atom. The third-order valence-electron chi connectivity index (χ3n) is 1.88. The van der Waals surface area contributed by atoms with Gasteiger partial charge in [0.25, 0.3) is 0 Å². The van der Waals surface area contributed by atoms with Crippen LogP contribution in [0.1, 0.15) is 30.9 Å². The molecule has 0 fully saturated rings. The van der Waals surface area contributed by atoms with E-state index in [4.69, 9.17) is 0 Å². The molecule has 0 bridgehead atoms. The fourth-order valence-corrected chi connectivity index (χ4v) is 1.84. The minimum Gasteiger partial charge on any atom is -0.0985 e. The summed E-state index contributed by atoms with van der Waals surface area (Å²) < 4.78 is 1.18. The summed E-state index contributed by atoms with van der Waals surface area (Å²) in [6.07, 6.45) is 1.87. The summed E-state index contributed by atoms with van der Waals surface area (Å²) in [5.74, 6) is 0.555. The van der Waals surface area contributed by atoms with Gasteiger partial charge in [-0.15, -0.1) is 0 Å². The van der Waals surface area contributed by atoms with Crippen molar-refractivity contribution in [2.45, 2.75) is 19.8 Å². The lowest BCUT2D eigenvalue weighted by atomic mass is 10.0. The van der Waals surface area contributed by atoms with Crippen LogP contribution in [0.25, 0.3) is 6.08 Å². The molecule has 0 N–H and O–H groups in total. The molecule has 1 aromatic carbocycles. The zero-order valence-electron chi connectivity index (χ0n) is 7.47. The number of hydrogen-bond donors (Lipinski definition) is 0. The van der Waals surface area contributed by atoms with Gasteiger partial charge in [0.2, 0.25) is 0 Å². The lowest BCUT2D eigenvalue weighted by molar-refractivity contribution is 0.860. The molecule has 1 heteroatoms. The molecule has 0 radical (unpaired) electrons. The molecule has 0 spiro atoms. The maximum absolute atomic E-state index is 3.75. The Labute approximate surface area is 82.4 Å². The van der Waals surface area contributed by atoms with Crippen molar-refractivity contribution in [3.05, 3.63) is 40.4 Å². The van der Waals surface area contributed by atoms with E-state index < -0.39 is 0 Å². The monoisotopic (exact) mass is 224 g/mol. The second-order valence-electron chi connectivity index (χ2n) is 3.14.